The van der Waals surface area contributed by atoms with Crippen molar-refractivity contribution in [1.82, 2.24) is 0 Å². The third kappa shape index (κ3) is 3.11. The Morgan fingerprint density at radius 1 is 1.24 bits per heavy atom. The van der Waals surface area contributed by atoms with Crippen molar-refractivity contribution in [3.63, 3.8) is 0 Å². The van der Waals surface area contributed by atoms with Gasteiger partial charge in [-0.1, -0.05) is 24.3 Å². The van der Waals surface area contributed by atoms with Crippen molar-refractivity contribution >= 4 is 23.6 Å². The van der Waals surface area contributed by atoms with Crippen molar-refractivity contribution in [2.45, 2.75) is 6.92 Å². The highest BCUT2D eigenvalue weighted by molar-refractivity contribution is 6.08. The molecule has 0 radical (unpaired) electrons. The topological polar surface area (TPSA) is 89.3 Å². The Morgan fingerprint density at radius 2 is 1.95 bits per heavy atom. The van der Waals surface area contributed by atoms with Crippen LogP contribution in [0.15, 0.2) is 42.5 Å². The Balaban J connectivity index is 2.36. The van der Waals surface area contributed by atoms with Gasteiger partial charge in [-0.05, 0) is 24.6 Å². The molecule has 6 heteroatoms. The Hall–Kier alpha value is -3.02. The summed E-state index contributed by atoms with van der Waals surface area (Å²) in [6.45, 7) is 1.63. The minimum atomic E-state index is -0.593. The summed E-state index contributed by atoms with van der Waals surface area (Å²) in [4.78, 5) is 33.4. The van der Waals surface area contributed by atoms with Gasteiger partial charge < -0.3 is 5.32 Å². The summed E-state index contributed by atoms with van der Waals surface area (Å²) in [6, 6.07) is 10.7. The molecule has 2 aromatic carbocycles. The van der Waals surface area contributed by atoms with Gasteiger partial charge in [0.25, 0.3) is 11.6 Å². The molecule has 0 fully saturated rings. The van der Waals surface area contributed by atoms with Gasteiger partial charge in [0.1, 0.15) is 11.8 Å². The molecule has 0 unspecified atom stereocenters. The maximum atomic E-state index is 12.3. The predicted octanol–water partition coefficient (Wildman–Crippen LogP) is 2.97. The number of nitro benzene ring substituents is 1. The number of carbonyl (C=O) groups is 2. The van der Waals surface area contributed by atoms with Crippen LogP contribution < -0.4 is 5.32 Å². The van der Waals surface area contributed by atoms with Gasteiger partial charge in [-0.15, -0.1) is 0 Å². The minimum absolute atomic E-state index is 0.0130. The number of carbonyl (C=O) groups excluding carboxylic acids is 2. The largest absolute Gasteiger partial charge is 0.322 e. The van der Waals surface area contributed by atoms with Crippen molar-refractivity contribution in [2.24, 2.45) is 0 Å². The molecule has 0 heterocycles. The fourth-order valence-electron chi connectivity index (χ4n) is 1.98. The summed E-state index contributed by atoms with van der Waals surface area (Å²) in [5.41, 5.74) is 1.08. The summed E-state index contributed by atoms with van der Waals surface area (Å²) < 4.78 is 0. The zero-order valence-electron chi connectivity index (χ0n) is 11.2. The van der Waals surface area contributed by atoms with Crippen LogP contribution in [0.3, 0.4) is 0 Å². The lowest BCUT2D eigenvalue weighted by Crippen LogP contribution is -2.15. The summed E-state index contributed by atoms with van der Waals surface area (Å²) >= 11 is 0. The Labute approximate surface area is 120 Å². The quantitative estimate of drug-likeness (QED) is 0.531. The molecular formula is C15H12N2O4. The highest BCUT2D eigenvalue weighted by atomic mass is 16.6. The maximum absolute atomic E-state index is 12.3. The number of amides is 1. The Bertz CT molecular complexity index is 725. The molecule has 106 valence electrons. The molecule has 6 nitrogen and oxygen atoms in total. The maximum Gasteiger partial charge on any atom is 0.282 e. The number of benzene rings is 2. The third-order valence-electron chi connectivity index (χ3n) is 2.96. The van der Waals surface area contributed by atoms with Gasteiger partial charge in [-0.25, -0.2) is 0 Å². The van der Waals surface area contributed by atoms with Crippen LogP contribution in [-0.4, -0.2) is 17.1 Å². The van der Waals surface area contributed by atoms with Crippen molar-refractivity contribution in [1.29, 1.82) is 0 Å². The van der Waals surface area contributed by atoms with Gasteiger partial charge >= 0.3 is 0 Å². The van der Waals surface area contributed by atoms with Crippen LogP contribution >= 0.6 is 0 Å². The van der Waals surface area contributed by atoms with Gasteiger partial charge in [0, 0.05) is 17.3 Å². The monoisotopic (exact) mass is 284 g/mol. The number of rotatable bonds is 4. The second kappa shape index (κ2) is 5.96. The van der Waals surface area contributed by atoms with E-state index in [1.807, 2.05) is 0 Å². The van der Waals surface area contributed by atoms with Crippen LogP contribution in [0.25, 0.3) is 0 Å². The molecule has 1 amide bonds. The number of anilines is 1. The zero-order chi connectivity index (χ0) is 15.4. The predicted molar refractivity (Wildman–Crippen MR) is 77.6 cm³/mol. The zero-order valence-corrected chi connectivity index (χ0v) is 11.2. The summed E-state index contributed by atoms with van der Waals surface area (Å²) in [7, 11) is 0. The number of nitrogens with one attached hydrogen (secondary N) is 1. The molecule has 21 heavy (non-hydrogen) atoms. The van der Waals surface area contributed by atoms with Crippen molar-refractivity contribution in [3.05, 3.63) is 69.3 Å². The van der Waals surface area contributed by atoms with E-state index in [0.29, 0.717) is 23.1 Å². The van der Waals surface area contributed by atoms with Gasteiger partial charge in [-0.2, -0.15) is 0 Å². The lowest BCUT2D eigenvalue weighted by atomic mass is 10.1. The molecule has 0 saturated heterocycles. The first-order chi connectivity index (χ1) is 10.0. The first-order valence-electron chi connectivity index (χ1n) is 6.13. The number of hydrogen-bond acceptors (Lipinski definition) is 4. The molecule has 0 saturated carbocycles. The van der Waals surface area contributed by atoms with Crippen LogP contribution in [0.5, 0.6) is 0 Å². The number of hydrogen-bond donors (Lipinski definition) is 1. The molecule has 2 rings (SSSR count). The molecule has 0 aliphatic heterocycles. The van der Waals surface area contributed by atoms with Crippen molar-refractivity contribution in [2.75, 3.05) is 5.32 Å². The van der Waals surface area contributed by atoms with Crippen LogP contribution in [0.4, 0.5) is 11.4 Å². The molecule has 0 spiro atoms. The molecule has 0 bridgehead atoms. The van der Waals surface area contributed by atoms with E-state index in [9.17, 15) is 19.7 Å². The third-order valence-corrected chi connectivity index (χ3v) is 2.96. The number of aldehydes is 1. The van der Waals surface area contributed by atoms with Crippen LogP contribution in [-0.2, 0) is 0 Å². The van der Waals surface area contributed by atoms with Crippen molar-refractivity contribution in [3.8, 4) is 0 Å². The average Bonchev–Trinajstić information content (AvgIpc) is 2.46. The van der Waals surface area contributed by atoms with E-state index in [0.717, 1.165) is 0 Å². The van der Waals surface area contributed by atoms with Gasteiger partial charge in [-0.3, -0.25) is 19.7 Å². The van der Waals surface area contributed by atoms with E-state index in [4.69, 9.17) is 0 Å². The van der Waals surface area contributed by atoms with Gasteiger partial charge in [0.15, 0.2) is 0 Å². The molecule has 0 atom stereocenters. The lowest BCUT2D eigenvalue weighted by molar-refractivity contribution is -0.385. The van der Waals surface area contributed by atoms with E-state index < -0.39 is 10.8 Å². The van der Waals surface area contributed by atoms with E-state index in [-0.39, 0.29) is 11.3 Å². The molecule has 2 aromatic rings. The van der Waals surface area contributed by atoms with E-state index in [1.165, 1.54) is 18.2 Å². The fourth-order valence-corrected chi connectivity index (χ4v) is 1.98. The summed E-state index contributed by atoms with van der Waals surface area (Å²) in [5, 5.41) is 13.6. The molecule has 0 aliphatic rings. The smallest absolute Gasteiger partial charge is 0.282 e. The van der Waals surface area contributed by atoms with Crippen LogP contribution in [0.1, 0.15) is 26.3 Å². The summed E-state index contributed by atoms with van der Waals surface area (Å²) in [6.07, 6.45) is 0.659. The van der Waals surface area contributed by atoms with E-state index in [1.54, 1.807) is 31.2 Å². The average molecular weight is 284 g/mol. The standard InChI is InChI=1S/C15H12N2O4/c1-10-4-2-7-13(17(20)21)14(10)15(19)16-12-6-3-5-11(8-12)9-18/h2-9H,1H3,(H,16,19). The highest BCUT2D eigenvalue weighted by Crippen LogP contribution is 2.23. The van der Waals surface area contributed by atoms with E-state index in [2.05, 4.69) is 5.32 Å². The minimum Gasteiger partial charge on any atom is -0.322 e. The lowest BCUT2D eigenvalue weighted by Gasteiger charge is -2.08. The van der Waals surface area contributed by atoms with Gasteiger partial charge in [0.05, 0.1) is 4.92 Å². The molecule has 0 aromatic heterocycles. The molecule has 1 N–H and O–H groups in total. The summed E-state index contributed by atoms with van der Waals surface area (Å²) in [5.74, 6) is -0.581. The Morgan fingerprint density at radius 3 is 2.62 bits per heavy atom. The number of nitro groups is 1. The van der Waals surface area contributed by atoms with Gasteiger partial charge in [0.2, 0.25) is 0 Å². The number of nitrogens with zero attached hydrogens (tertiary/aromatic N) is 1. The van der Waals surface area contributed by atoms with Crippen LogP contribution in [0, 0.1) is 17.0 Å². The first kappa shape index (κ1) is 14.4. The van der Waals surface area contributed by atoms with Crippen LogP contribution in [0.2, 0.25) is 0 Å². The second-order valence-corrected chi connectivity index (χ2v) is 4.42. The molecule has 0 aliphatic carbocycles. The Kier molecular flexibility index (Phi) is 4.08. The fraction of sp³-hybridized carbons (Fsp3) is 0.0667. The highest BCUT2D eigenvalue weighted by Gasteiger charge is 2.22. The second-order valence-electron chi connectivity index (χ2n) is 4.42. The molecular weight excluding hydrogens is 272 g/mol. The number of aryl methyl sites for hydroxylation is 1. The van der Waals surface area contributed by atoms with E-state index >= 15 is 0 Å². The van der Waals surface area contributed by atoms with Crippen molar-refractivity contribution < 1.29 is 14.5 Å². The SMILES string of the molecule is Cc1cccc([N+](=O)[O-])c1C(=O)Nc1cccc(C=O)c1. The first-order valence-corrected chi connectivity index (χ1v) is 6.13. The normalized spacial score (nSPS) is 9.95.